The molecule has 3 rings (SSSR count). The number of hydrogen-bond donors (Lipinski definition) is 1. The van der Waals surface area contributed by atoms with E-state index in [-0.39, 0.29) is 5.91 Å². The fourth-order valence-corrected chi connectivity index (χ4v) is 5.76. The topological polar surface area (TPSA) is 54.9 Å². The van der Waals surface area contributed by atoms with Crippen molar-refractivity contribution < 1.29 is 4.79 Å². The number of fused-ring (bicyclic) bond motifs is 1. The zero-order chi connectivity index (χ0) is 18.8. The van der Waals surface area contributed by atoms with Crippen LogP contribution in [0.4, 0.5) is 5.69 Å². The number of benzene rings is 1. The van der Waals surface area contributed by atoms with Gasteiger partial charge in [0.15, 0.2) is 0 Å². The second-order valence-corrected chi connectivity index (χ2v) is 9.12. The predicted octanol–water partition coefficient (Wildman–Crippen LogP) is 5.12. The molecule has 1 aromatic carbocycles. The molecule has 1 N–H and O–H groups in total. The van der Waals surface area contributed by atoms with Gasteiger partial charge in [0.05, 0.1) is 5.75 Å². The molecule has 6 heteroatoms. The Labute approximate surface area is 164 Å². The summed E-state index contributed by atoms with van der Waals surface area (Å²) < 4.78 is 0. The third-order valence-corrected chi connectivity index (χ3v) is 6.88. The van der Waals surface area contributed by atoms with Gasteiger partial charge in [-0.25, -0.2) is 9.97 Å². The molecule has 2 heterocycles. The minimum atomic E-state index is -0.00119. The molecule has 0 saturated heterocycles. The van der Waals surface area contributed by atoms with Crippen LogP contribution < -0.4 is 5.32 Å². The maximum atomic E-state index is 12.4. The van der Waals surface area contributed by atoms with Crippen molar-refractivity contribution in [3.05, 3.63) is 40.7 Å². The summed E-state index contributed by atoms with van der Waals surface area (Å²) in [6, 6.07) is 6.06. The van der Waals surface area contributed by atoms with Crippen molar-refractivity contribution in [1.82, 2.24) is 9.97 Å². The molecule has 1 aromatic heterocycles. The first-order valence-electron chi connectivity index (χ1n) is 8.94. The highest BCUT2D eigenvalue weighted by molar-refractivity contribution is 8.01. The highest BCUT2D eigenvalue weighted by atomic mass is 32.2. The van der Waals surface area contributed by atoms with Gasteiger partial charge in [-0.2, -0.15) is 0 Å². The second-order valence-electron chi connectivity index (χ2n) is 6.79. The van der Waals surface area contributed by atoms with Gasteiger partial charge in [0.25, 0.3) is 0 Å². The summed E-state index contributed by atoms with van der Waals surface area (Å²) in [7, 11) is 0. The number of carbonyl (C=O) groups is 1. The van der Waals surface area contributed by atoms with Crippen LogP contribution >= 0.6 is 23.5 Å². The number of thioether (sulfide) groups is 2. The van der Waals surface area contributed by atoms with Gasteiger partial charge in [0.1, 0.15) is 15.9 Å². The summed E-state index contributed by atoms with van der Waals surface area (Å²) in [5.74, 6) is 1.59. The molecule has 0 fully saturated rings. The van der Waals surface area contributed by atoms with Crippen LogP contribution in [0, 0.1) is 20.8 Å². The van der Waals surface area contributed by atoms with E-state index in [0.29, 0.717) is 16.9 Å². The summed E-state index contributed by atoms with van der Waals surface area (Å²) in [6.07, 6.45) is 1.07. The molecule has 2 atom stereocenters. The fraction of sp³-hybridized carbons (Fsp3) is 0.450. The minimum absolute atomic E-state index is 0.00119. The lowest BCUT2D eigenvalue weighted by Crippen LogP contribution is -2.15. The Kier molecular flexibility index (Phi) is 5.92. The Morgan fingerprint density at radius 1 is 1.27 bits per heavy atom. The number of nitrogens with zero attached hydrogens (tertiary/aromatic N) is 2. The first-order chi connectivity index (χ1) is 12.4. The van der Waals surface area contributed by atoms with E-state index in [1.54, 1.807) is 0 Å². The standard InChI is InChI=1S/C20H25N3OS2/c1-6-15-13(4)26-20-18(15)19(21-14(5)22-20)25-10-17(24)23-16-8-7-11(2)9-12(16)3/h7-9,13,15H,6,10H2,1-5H3,(H,23,24)/t13-,15+/m1/s1. The maximum absolute atomic E-state index is 12.4. The number of amides is 1. The van der Waals surface area contributed by atoms with E-state index in [2.05, 4.69) is 42.1 Å². The second kappa shape index (κ2) is 8.01. The maximum Gasteiger partial charge on any atom is 0.234 e. The fourth-order valence-electron chi connectivity index (χ4n) is 3.35. The van der Waals surface area contributed by atoms with Gasteiger partial charge in [-0.1, -0.05) is 43.3 Å². The van der Waals surface area contributed by atoms with E-state index in [9.17, 15) is 4.79 Å². The van der Waals surface area contributed by atoms with E-state index in [1.165, 1.54) is 22.9 Å². The number of nitrogens with one attached hydrogen (secondary N) is 1. The Morgan fingerprint density at radius 2 is 2.04 bits per heavy atom. The monoisotopic (exact) mass is 387 g/mol. The average molecular weight is 388 g/mol. The number of carbonyl (C=O) groups excluding carboxylic acids is 1. The largest absolute Gasteiger partial charge is 0.325 e. The van der Waals surface area contributed by atoms with Crippen molar-refractivity contribution in [3.63, 3.8) is 0 Å². The summed E-state index contributed by atoms with van der Waals surface area (Å²) in [5.41, 5.74) is 4.39. The van der Waals surface area contributed by atoms with Gasteiger partial charge in [0, 0.05) is 22.4 Å². The van der Waals surface area contributed by atoms with E-state index in [1.807, 2.05) is 37.7 Å². The third-order valence-electron chi connectivity index (χ3n) is 4.66. The summed E-state index contributed by atoms with van der Waals surface area (Å²) >= 11 is 3.35. The Morgan fingerprint density at radius 3 is 2.73 bits per heavy atom. The normalized spacial score (nSPS) is 18.7. The van der Waals surface area contributed by atoms with Crippen molar-refractivity contribution in [3.8, 4) is 0 Å². The van der Waals surface area contributed by atoms with Gasteiger partial charge in [-0.15, -0.1) is 11.8 Å². The van der Waals surface area contributed by atoms with Crippen LogP contribution in [0.2, 0.25) is 0 Å². The molecule has 0 radical (unpaired) electrons. The first-order valence-corrected chi connectivity index (χ1v) is 10.8. The van der Waals surface area contributed by atoms with E-state index >= 15 is 0 Å². The Bertz CT molecular complexity index is 838. The zero-order valence-corrected chi connectivity index (χ0v) is 17.6. The molecule has 0 saturated carbocycles. The van der Waals surface area contributed by atoms with Gasteiger partial charge in [-0.3, -0.25) is 4.79 Å². The minimum Gasteiger partial charge on any atom is -0.325 e. The van der Waals surface area contributed by atoms with Crippen LogP contribution in [0.25, 0.3) is 0 Å². The van der Waals surface area contributed by atoms with Crippen LogP contribution in [0.5, 0.6) is 0 Å². The lowest BCUT2D eigenvalue weighted by Gasteiger charge is -2.15. The zero-order valence-electron chi connectivity index (χ0n) is 15.9. The van der Waals surface area contributed by atoms with E-state index in [0.717, 1.165) is 33.5 Å². The van der Waals surface area contributed by atoms with Crippen molar-refractivity contribution in [2.45, 2.75) is 62.3 Å². The summed E-state index contributed by atoms with van der Waals surface area (Å²) in [4.78, 5) is 21.7. The predicted molar refractivity (Wildman–Crippen MR) is 110 cm³/mol. The van der Waals surface area contributed by atoms with Gasteiger partial charge in [-0.05, 0) is 38.8 Å². The van der Waals surface area contributed by atoms with Crippen LogP contribution in [0.15, 0.2) is 28.3 Å². The molecular formula is C20H25N3OS2. The average Bonchev–Trinajstić information content (AvgIpc) is 2.90. The van der Waals surface area contributed by atoms with E-state index in [4.69, 9.17) is 0 Å². The number of rotatable bonds is 5. The number of anilines is 1. The molecule has 1 aliphatic heterocycles. The molecule has 1 aliphatic rings. The summed E-state index contributed by atoms with van der Waals surface area (Å²) in [6.45, 7) is 10.4. The molecule has 138 valence electrons. The highest BCUT2D eigenvalue weighted by Gasteiger charge is 2.33. The molecule has 0 aliphatic carbocycles. The smallest absolute Gasteiger partial charge is 0.234 e. The highest BCUT2D eigenvalue weighted by Crippen LogP contribution is 2.48. The Balaban J connectivity index is 1.73. The van der Waals surface area contributed by atoms with Gasteiger partial charge in [0.2, 0.25) is 5.91 Å². The first kappa shape index (κ1) is 19.2. The molecule has 0 spiro atoms. The van der Waals surface area contributed by atoms with E-state index < -0.39 is 0 Å². The molecule has 0 bridgehead atoms. The molecule has 2 aromatic rings. The SMILES string of the molecule is CC[C@@H]1c2c(SCC(=O)Nc3ccc(C)cc3C)nc(C)nc2S[C@@H]1C. The van der Waals surface area contributed by atoms with Crippen molar-refractivity contribution in [1.29, 1.82) is 0 Å². The van der Waals surface area contributed by atoms with Gasteiger partial charge >= 0.3 is 0 Å². The lowest BCUT2D eigenvalue weighted by atomic mass is 9.96. The van der Waals surface area contributed by atoms with Crippen molar-refractivity contribution in [2.24, 2.45) is 0 Å². The van der Waals surface area contributed by atoms with Crippen molar-refractivity contribution >= 4 is 35.1 Å². The quantitative estimate of drug-likeness (QED) is 0.570. The molecular weight excluding hydrogens is 362 g/mol. The third kappa shape index (κ3) is 4.07. The summed E-state index contributed by atoms with van der Waals surface area (Å²) in [5, 5.41) is 5.58. The molecule has 4 nitrogen and oxygen atoms in total. The number of aromatic nitrogens is 2. The van der Waals surface area contributed by atoms with Gasteiger partial charge < -0.3 is 5.32 Å². The Hall–Kier alpha value is -1.53. The van der Waals surface area contributed by atoms with Crippen LogP contribution in [-0.2, 0) is 4.79 Å². The van der Waals surface area contributed by atoms with Crippen LogP contribution in [-0.4, -0.2) is 26.9 Å². The van der Waals surface area contributed by atoms with Crippen LogP contribution in [0.3, 0.4) is 0 Å². The van der Waals surface area contributed by atoms with Crippen LogP contribution in [0.1, 0.15) is 48.7 Å². The van der Waals surface area contributed by atoms with Crippen molar-refractivity contribution in [2.75, 3.05) is 11.1 Å². The molecule has 0 unspecified atom stereocenters. The number of aryl methyl sites for hydroxylation is 3. The number of hydrogen-bond acceptors (Lipinski definition) is 5. The molecule has 1 amide bonds. The molecule has 26 heavy (non-hydrogen) atoms. The lowest BCUT2D eigenvalue weighted by molar-refractivity contribution is -0.113.